The SMILES string of the molecule is C=CC.CCCCC. The maximum absolute atomic E-state index is 3.36. The Morgan fingerprint density at radius 2 is 1.50 bits per heavy atom. The number of rotatable bonds is 2. The minimum atomic E-state index is 1.34. The fraction of sp³-hybridized carbons (Fsp3) is 0.750. The molecule has 0 fully saturated rings. The fourth-order valence-electron chi connectivity index (χ4n) is 0.354. The molecule has 0 atom stereocenters. The number of unbranched alkanes of at least 4 members (excludes halogenated alkanes) is 2. The van der Waals surface area contributed by atoms with Crippen LogP contribution < -0.4 is 0 Å². The van der Waals surface area contributed by atoms with Gasteiger partial charge in [0.15, 0.2) is 0 Å². The van der Waals surface area contributed by atoms with E-state index in [1.54, 1.807) is 6.08 Å². The molecule has 0 nitrogen and oxygen atoms in total. The van der Waals surface area contributed by atoms with Crippen molar-refractivity contribution in [3.63, 3.8) is 0 Å². The van der Waals surface area contributed by atoms with Gasteiger partial charge in [0.25, 0.3) is 0 Å². The van der Waals surface area contributed by atoms with Crippen LogP contribution in [0.4, 0.5) is 0 Å². The number of hydrogen-bond donors (Lipinski definition) is 0. The normalized spacial score (nSPS) is 6.88. The molecule has 8 heavy (non-hydrogen) atoms. The van der Waals surface area contributed by atoms with E-state index in [1.165, 1.54) is 19.3 Å². The zero-order valence-electron chi connectivity index (χ0n) is 6.41. The average Bonchev–Trinajstić information content (AvgIpc) is 1.71. The summed E-state index contributed by atoms with van der Waals surface area (Å²) >= 11 is 0. The standard InChI is InChI=1S/C5H12.C3H6/c1-3-5-4-2;1-3-2/h3-5H2,1-2H3;3H,1H2,2H3. The molecule has 0 rings (SSSR count). The summed E-state index contributed by atoms with van der Waals surface area (Å²) in [5, 5.41) is 0. The summed E-state index contributed by atoms with van der Waals surface area (Å²) in [4.78, 5) is 0. The second-order valence-corrected chi connectivity index (χ2v) is 1.76. The zero-order valence-corrected chi connectivity index (χ0v) is 6.41. The van der Waals surface area contributed by atoms with Crippen LogP contribution in [-0.4, -0.2) is 0 Å². The molecule has 0 aliphatic heterocycles. The first-order valence-electron chi connectivity index (χ1n) is 3.40. The van der Waals surface area contributed by atoms with Crippen LogP contribution in [0.2, 0.25) is 0 Å². The van der Waals surface area contributed by atoms with Crippen LogP contribution >= 0.6 is 0 Å². The monoisotopic (exact) mass is 114 g/mol. The van der Waals surface area contributed by atoms with E-state index < -0.39 is 0 Å². The van der Waals surface area contributed by atoms with Crippen molar-refractivity contribution in [1.29, 1.82) is 0 Å². The Hall–Kier alpha value is -0.260. The Labute approximate surface area is 53.6 Å². The topological polar surface area (TPSA) is 0 Å². The largest absolute Gasteiger partial charge is 0.103 e. The fourth-order valence-corrected chi connectivity index (χ4v) is 0.354. The van der Waals surface area contributed by atoms with Gasteiger partial charge < -0.3 is 0 Å². The van der Waals surface area contributed by atoms with Gasteiger partial charge in [0, 0.05) is 0 Å². The van der Waals surface area contributed by atoms with Crippen molar-refractivity contribution in [3.05, 3.63) is 12.7 Å². The van der Waals surface area contributed by atoms with E-state index in [0.29, 0.717) is 0 Å². The van der Waals surface area contributed by atoms with Crippen molar-refractivity contribution in [1.82, 2.24) is 0 Å². The summed E-state index contributed by atoms with van der Waals surface area (Å²) in [7, 11) is 0. The third-order valence-corrected chi connectivity index (χ3v) is 0.707. The van der Waals surface area contributed by atoms with Crippen molar-refractivity contribution in [2.45, 2.75) is 40.0 Å². The van der Waals surface area contributed by atoms with Crippen LogP contribution in [-0.2, 0) is 0 Å². The van der Waals surface area contributed by atoms with E-state index in [1.807, 2.05) is 6.92 Å². The molecular formula is C8H18. The highest BCUT2D eigenvalue weighted by atomic mass is 13.7. The van der Waals surface area contributed by atoms with Crippen molar-refractivity contribution < 1.29 is 0 Å². The second kappa shape index (κ2) is 15.9. The molecule has 0 saturated heterocycles. The van der Waals surface area contributed by atoms with Crippen LogP contribution in [0.25, 0.3) is 0 Å². The first kappa shape index (κ1) is 10.7. The van der Waals surface area contributed by atoms with Gasteiger partial charge in [-0.05, 0) is 6.92 Å². The van der Waals surface area contributed by atoms with Crippen molar-refractivity contribution in [2.75, 3.05) is 0 Å². The Balaban J connectivity index is 0. The smallest absolute Gasteiger partial charge is 0.0473 e. The van der Waals surface area contributed by atoms with Crippen molar-refractivity contribution >= 4 is 0 Å². The van der Waals surface area contributed by atoms with Crippen LogP contribution in [0, 0.1) is 0 Å². The molecule has 0 radical (unpaired) electrons. The Morgan fingerprint density at radius 3 is 1.50 bits per heavy atom. The van der Waals surface area contributed by atoms with Crippen LogP contribution in [0.5, 0.6) is 0 Å². The third kappa shape index (κ3) is 42.6. The van der Waals surface area contributed by atoms with Crippen molar-refractivity contribution in [2.24, 2.45) is 0 Å². The summed E-state index contributed by atoms with van der Waals surface area (Å²) < 4.78 is 0. The molecule has 0 aromatic carbocycles. The minimum Gasteiger partial charge on any atom is -0.103 e. The van der Waals surface area contributed by atoms with Crippen LogP contribution in [0.1, 0.15) is 40.0 Å². The molecule has 0 unspecified atom stereocenters. The molecule has 0 heteroatoms. The lowest BCUT2D eigenvalue weighted by atomic mass is 10.3. The maximum Gasteiger partial charge on any atom is -0.0473 e. The quantitative estimate of drug-likeness (QED) is 0.483. The number of allylic oxidation sites excluding steroid dienone is 1. The van der Waals surface area contributed by atoms with Gasteiger partial charge in [-0.2, -0.15) is 0 Å². The van der Waals surface area contributed by atoms with Gasteiger partial charge in [-0.15, -0.1) is 6.58 Å². The highest BCUT2D eigenvalue weighted by Crippen LogP contribution is 1.88. The van der Waals surface area contributed by atoms with E-state index in [-0.39, 0.29) is 0 Å². The molecule has 0 aromatic rings. The predicted octanol–water partition coefficient (Wildman–Crippen LogP) is 3.39. The van der Waals surface area contributed by atoms with Crippen LogP contribution in [0.3, 0.4) is 0 Å². The second-order valence-electron chi connectivity index (χ2n) is 1.76. The summed E-state index contributed by atoms with van der Waals surface area (Å²) in [6.07, 6.45) is 5.83. The molecule has 0 aromatic heterocycles. The van der Waals surface area contributed by atoms with Gasteiger partial charge in [-0.25, -0.2) is 0 Å². The highest BCUT2D eigenvalue weighted by Gasteiger charge is 1.68. The maximum atomic E-state index is 3.36. The van der Waals surface area contributed by atoms with Crippen LogP contribution in [0.15, 0.2) is 12.7 Å². The molecule has 0 heterocycles. The molecule has 0 spiro atoms. The molecular weight excluding hydrogens is 96.1 g/mol. The predicted molar refractivity (Wildman–Crippen MR) is 41.1 cm³/mol. The van der Waals surface area contributed by atoms with Gasteiger partial charge >= 0.3 is 0 Å². The highest BCUT2D eigenvalue weighted by molar-refractivity contribution is 4.51. The Bertz CT molecular complexity index is 27.0. The van der Waals surface area contributed by atoms with E-state index >= 15 is 0 Å². The Kier molecular flexibility index (Phi) is 21.2. The van der Waals surface area contributed by atoms with E-state index in [9.17, 15) is 0 Å². The first-order chi connectivity index (χ1) is 3.83. The molecule has 0 aliphatic rings. The summed E-state index contributed by atoms with van der Waals surface area (Å²) in [6, 6.07) is 0. The third-order valence-electron chi connectivity index (χ3n) is 0.707. The molecule has 0 amide bonds. The lowest BCUT2D eigenvalue weighted by Crippen LogP contribution is -1.59. The zero-order chi connectivity index (χ0) is 6.83. The summed E-state index contributed by atoms with van der Waals surface area (Å²) in [6.45, 7) is 9.67. The number of hydrogen-bond acceptors (Lipinski definition) is 0. The molecule has 0 N–H and O–H groups in total. The Morgan fingerprint density at radius 1 is 1.25 bits per heavy atom. The molecule has 0 saturated carbocycles. The lowest BCUT2D eigenvalue weighted by molar-refractivity contribution is 0.772. The lowest BCUT2D eigenvalue weighted by Gasteiger charge is -1.79. The molecule has 50 valence electrons. The van der Waals surface area contributed by atoms with E-state index in [4.69, 9.17) is 0 Å². The van der Waals surface area contributed by atoms with Gasteiger partial charge in [0.2, 0.25) is 0 Å². The summed E-state index contributed by atoms with van der Waals surface area (Å²) in [5.41, 5.74) is 0. The minimum absolute atomic E-state index is 1.34. The first-order valence-corrected chi connectivity index (χ1v) is 3.40. The van der Waals surface area contributed by atoms with Gasteiger partial charge in [0.05, 0.1) is 0 Å². The van der Waals surface area contributed by atoms with Gasteiger partial charge in [-0.1, -0.05) is 39.2 Å². The van der Waals surface area contributed by atoms with Gasteiger partial charge in [0.1, 0.15) is 0 Å². The average molecular weight is 114 g/mol. The van der Waals surface area contributed by atoms with E-state index in [0.717, 1.165) is 0 Å². The molecule has 0 bridgehead atoms. The van der Waals surface area contributed by atoms with E-state index in [2.05, 4.69) is 20.4 Å². The summed E-state index contributed by atoms with van der Waals surface area (Å²) in [5.74, 6) is 0. The van der Waals surface area contributed by atoms with Crippen molar-refractivity contribution in [3.8, 4) is 0 Å². The molecule has 0 aliphatic carbocycles. The van der Waals surface area contributed by atoms with Gasteiger partial charge in [-0.3, -0.25) is 0 Å².